The lowest BCUT2D eigenvalue weighted by atomic mass is 10.1. The molecule has 1 aromatic heterocycles. The van der Waals surface area contributed by atoms with E-state index in [2.05, 4.69) is 4.98 Å². The van der Waals surface area contributed by atoms with Crippen molar-refractivity contribution < 1.29 is 28.6 Å². The number of rotatable bonds is 6. The first kappa shape index (κ1) is 28.2. The van der Waals surface area contributed by atoms with Gasteiger partial charge in [0.1, 0.15) is 16.8 Å². The van der Waals surface area contributed by atoms with Crippen molar-refractivity contribution in [3.8, 4) is 0 Å². The molecule has 0 spiro atoms. The third kappa shape index (κ3) is 11.0. The summed E-state index contributed by atoms with van der Waals surface area (Å²) in [5, 5.41) is 0. The molecule has 0 radical (unpaired) electrons. The minimum Gasteiger partial charge on any atom is -0.456 e. The normalized spacial score (nSPS) is 12.8. The Morgan fingerprint density at radius 1 is 0.909 bits per heavy atom. The third-order valence-corrected chi connectivity index (χ3v) is 3.76. The smallest absolute Gasteiger partial charge is 0.419 e. The van der Waals surface area contributed by atoms with Gasteiger partial charge >= 0.3 is 18.2 Å². The van der Waals surface area contributed by atoms with Gasteiger partial charge in [0, 0.05) is 19.8 Å². The number of imidazole rings is 1. The molecule has 0 aliphatic carbocycles. The van der Waals surface area contributed by atoms with Crippen LogP contribution in [0.4, 0.5) is 9.59 Å². The van der Waals surface area contributed by atoms with Crippen molar-refractivity contribution in [3.05, 3.63) is 24.3 Å². The Labute approximate surface area is 197 Å². The van der Waals surface area contributed by atoms with Crippen LogP contribution in [0.1, 0.15) is 80.8 Å². The van der Waals surface area contributed by atoms with Gasteiger partial charge in [0.2, 0.25) is 0 Å². The molecule has 0 saturated carbocycles. The summed E-state index contributed by atoms with van der Waals surface area (Å²) in [7, 11) is 1.81. The van der Waals surface area contributed by atoms with Gasteiger partial charge in [0.05, 0.1) is 17.6 Å². The molecular formula is C24H39N3O6. The number of aromatic nitrogens is 2. The lowest BCUT2D eigenvalue weighted by Crippen LogP contribution is -2.44. The third-order valence-electron chi connectivity index (χ3n) is 3.76. The highest BCUT2D eigenvalue weighted by atomic mass is 16.6. The monoisotopic (exact) mass is 465 g/mol. The molecule has 0 aliphatic heterocycles. The zero-order valence-electron chi connectivity index (χ0n) is 21.6. The second-order valence-corrected chi connectivity index (χ2v) is 10.8. The second-order valence-electron chi connectivity index (χ2n) is 10.8. The van der Waals surface area contributed by atoms with Gasteiger partial charge in [-0.1, -0.05) is 6.08 Å². The number of hydrogen-bond donors (Lipinski definition) is 0. The standard InChI is InChI=1S/C24H39N3O6/c1-22(2,3)31-19(28)17(18-15-26(10)16-25-18)13-11-12-14-27(20(29)32-23(4,5)6)21(30)33-24(7,8)9/h13,15-16H,11-12,14H2,1-10H3/b17-13-. The van der Waals surface area contributed by atoms with Crippen LogP contribution in [0.5, 0.6) is 0 Å². The van der Waals surface area contributed by atoms with Crippen molar-refractivity contribution in [2.75, 3.05) is 6.54 Å². The number of allylic oxidation sites excluding steroid dienone is 1. The molecule has 9 nitrogen and oxygen atoms in total. The van der Waals surface area contributed by atoms with E-state index in [0.29, 0.717) is 24.1 Å². The SMILES string of the molecule is Cn1cnc(/C(=C/CCCN(C(=O)OC(C)(C)C)C(=O)OC(C)(C)C)C(=O)OC(C)(C)C)c1. The summed E-state index contributed by atoms with van der Waals surface area (Å²) in [6.45, 7) is 15.8. The van der Waals surface area contributed by atoms with E-state index >= 15 is 0 Å². The van der Waals surface area contributed by atoms with Crippen molar-refractivity contribution >= 4 is 23.7 Å². The van der Waals surface area contributed by atoms with Crippen molar-refractivity contribution in [2.45, 2.75) is 92.0 Å². The van der Waals surface area contributed by atoms with Crippen molar-refractivity contribution in [1.82, 2.24) is 14.5 Å². The molecular weight excluding hydrogens is 426 g/mol. The number of aryl methyl sites for hydroxylation is 1. The first-order valence-corrected chi connectivity index (χ1v) is 11.0. The second kappa shape index (κ2) is 10.9. The molecule has 2 amide bonds. The highest BCUT2D eigenvalue weighted by Gasteiger charge is 2.31. The lowest BCUT2D eigenvalue weighted by molar-refractivity contribution is -0.147. The number of unbranched alkanes of at least 4 members (excludes halogenated alkanes) is 1. The van der Waals surface area contributed by atoms with Crippen LogP contribution in [0, 0.1) is 0 Å². The first-order chi connectivity index (χ1) is 14.9. The lowest BCUT2D eigenvalue weighted by Gasteiger charge is -2.28. The molecule has 186 valence electrons. The van der Waals surface area contributed by atoms with Crippen LogP contribution in [0.25, 0.3) is 5.57 Å². The van der Waals surface area contributed by atoms with Gasteiger partial charge in [-0.3, -0.25) is 0 Å². The predicted octanol–water partition coefficient (Wildman–Crippen LogP) is 5.10. The topological polar surface area (TPSA) is 100.0 Å². The number of ether oxygens (including phenoxy) is 3. The first-order valence-electron chi connectivity index (χ1n) is 11.0. The quantitative estimate of drug-likeness (QED) is 0.249. The number of imide groups is 1. The van der Waals surface area contributed by atoms with Gasteiger partial charge in [-0.05, 0) is 75.2 Å². The van der Waals surface area contributed by atoms with E-state index in [9.17, 15) is 14.4 Å². The summed E-state index contributed by atoms with van der Waals surface area (Å²) < 4.78 is 18.0. The average molecular weight is 466 g/mol. The van der Waals surface area contributed by atoms with E-state index in [4.69, 9.17) is 14.2 Å². The fourth-order valence-corrected chi connectivity index (χ4v) is 2.56. The van der Waals surface area contributed by atoms with Gasteiger partial charge in [-0.25, -0.2) is 24.3 Å². The minimum atomic E-state index is -0.780. The summed E-state index contributed by atoms with van der Waals surface area (Å²) in [5.41, 5.74) is -1.37. The largest absolute Gasteiger partial charge is 0.456 e. The van der Waals surface area contributed by atoms with Crippen LogP contribution in [0.15, 0.2) is 18.6 Å². The maximum absolute atomic E-state index is 12.7. The highest BCUT2D eigenvalue weighted by Crippen LogP contribution is 2.20. The van der Waals surface area contributed by atoms with Gasteiger partial charge < -0.3 is 18.8 Å². The van der Waals surface area contributed by atoms with Crippen LogP contribution >= 0.6 is 0 Å². The maximum atomic E-state index is 12.7. The van der Waals surface area contributed by atoms with Gasteiger partial charge in [-0.15, -0.1) is 0 Å². The Morgan fingerprint density at radius 2 is 1.39 bits per heavy atom. The average Bonchev–Trinajstić information content (AvgIpc) is 2.98. The molecule has 0 aliphatic rings. The number of amides is 2. The molecule has 0 atom stereocenters. The molecule has 0 saturated heterocycles. The van der Waals surface area contributed by atoms with Crippen molar-refractivity contribution in [1.29, 1.82) is 0 Å². The molecule has 0 N–H and O–H groups in total. The number of esters is 1. The Kier molecular flexibility index (Phi) is 9.27. The number of carbonyl (C=O) groups excluding carboxylic acids is 3. The van der Waals surface area contributed by atoms with Gasteiger partial charge in [0.15, 0.2) is 0 Å². The molecule has 9 heteroatoms. The highest BCUT2D eigenvalue weighted by molar-refractivity contribution is 6.15. The maximum Gasteiger partial charge on any atom is 0.419 e. The van der Waals surface area contributed by atoms with Gasteiger partial charge in [0.25, 0.3) is 0 Å². The number of hydrogen-bond acceptors (Lipinski definition) is 7. The fraction of sp³-hybridized carbons (Fsp3) is 0.667. The summed E-state index contributed by atoms with van der Waals surface area (Å²) >= 11 is 0. The molecule has 1 aromatic rings. The molecule has 0 unspecified atom stereocenters. The van der Waals surface area contributed by atoms with Crippen molar-refractivity contribution in [3.63, 3.8) is 0 Å². The molecule has 0 fully saturated rings. The Bertz CT molecular complexity index is 838. The van der Waals surface area contributed by atoms with E-state index < -0.39 is 35.0 Å². The van der Waals surface area contributed by atoms with E-state index in [1.54, 1.807) is 85.5 Å². The number of carbonyl (C=O) groups is 3. The minimum absolute atomic E-state index is 0.0597. The van der Waals surface area contributed by atoms with E-state index in [1.807, 2.05) is 7.05 Å². The van der Waals surface area contributed by atoms with Crippen LogP contribution in [-0.2, 0) is 26.1 Å². The Balaban J connectivity index is 3.00. The van der Waals surface area contributed by atoms with Gasteiger partial charge in [-0.2, -0.15) is 0 Å². The summed E-state index contributed by atoms with van der Waals surface area (Å²) in [5.74, 6) is -0.489. The Hall–Kier alpha value is -2.84. The molecule has 33 heavy (non-hydrogen) atoms. The summed E-state index contributed by atoms with van der Waals surface area (Å²) in [4.78, 5) is 43.1. The van der Waals surface area contributed by atoms with E-state index in [-0.39, 0.29) is 6.54 Å². The van der Waals surface area contributed by atoms with Crippen LogP contribution in [-0.4, -0.2) is 56.0 Å². The Morgan fingerprint density at radius 3 is 1.79 bits per heavy atom. The summed E-state index contributed by atoms with van der Waals surface area (Å²) in [6.07, 6.45) is 4.25. The molecule has 1 rings (SSSR count). The zero-order valence-corrected chi connectivity index (χ0v) is 21.6. The molecule has 1 heterocycles. The van der Waals surface area contributed by atoms with Crippen LogP contribution < -0.4 is 0 Å². The van der Waals surface area contributed by atoms with Crippen LogP contribution in [0.3, 0.4) is 0 Å². The molecule has 0 bridgehead atoms. The fourth-order valence-electron chi connectivity index (χ4n) is 2.56. The number of nitrogens with zero attached hydrogens (tertiary/aromatic N) is 3. The molecule has 0 aromatic carbocycles. The van der Waals surface area contributed by atoms with E-state index in [1.165, 1.54) is 0 Å². The van der Waals surface area contributed by atoms with Crippen molar-refractivity contribution in [2.24, 2.45) is 7.05 Å². The zero-order chi connectivity index (χ0) is 25.6. The predicted molar refractivity (Wildman–Crippen MR) is 125 cm³/mol. The van der Waals surface area contributed by atoms with E-state index in [0.717, 1.165) is 4.90 Å². The van der Waals surface area contributed by atoms with Crippen LogP contribution in [0.2, 0.25) is 0 Å². The summed E-state index contributed by atoms with van der Waals surface area (Å²) in [6, 6.07) is 0.